The Morgan fingerprint density at radius 2 is 1.76 bits per heavy atom. The quantitative estimate of drug-likeness (QED) is 0.371. The second-order valence-corrected chi connectivity index (χ2v) is 11.1. The van der Waals surface area contributed by atoms with Crippen LogP contribution >= 0.6 is 11.8 Å². The molecule has 1 aliphatic heterocycles. The molecule has 190 valence electrons. The van der Waals surface area contributed by atoms with E-state index in [1.807, 2.05) is 54.6 Å². The predicted octanol–water partition coefficient (Wildman–Crippen LogP) is 7.06. The molecule has 1 fully saturated rings. The van der Waals surface area contributed by atoms with Crippen LogP contribution in [-0.2, 0) is 11.3 Å². The van der Waals surface area contributed by atoms with Gasteiger partial charge < -0.3 is 10.2 Å². The zero-order chi connectivity index (χ0) is 25.9. The van der Waals surface area contributed by atoms with E-state index >= 15 is 0 Å². The monoisotopic (exact) mass is 514 g/mol. The summed E-state index contributed by atoms with van der Waals surface area (Å²) in [7, 11) is 0. The number of halogens is 1. The zero-order valence-electron chi connectivity index (χ0n) is 21.1. The summed E-state index contributed by atoms with van der Waals surface area (Å²) in [6.07, 6.45) is 5.22. The van der Waals surface area contributed by atoms with Crippen LogP contribution in [0.15, 0.2) is 82.6 Å². The smallest absolute Gasteiger partial charge is 0.265 e. The van der Waals surface area contributed by atoms with Crippen molar-refractivity contribution < 1.29 is 14.0 Å². The molecule has 2 aliphatic rings. The Balaban J connectivity index is 1.35. The van der Waals surface area contributed by atoms with Gasteiger partial charge in [0, 0.05) is 22.1 Å². The Kier molecular flexibility index (Phi) is 7.47. The number of para-hydroxylation sites is 1. The van der Waals surface area contributed by atoms with Gasteiger partial charge in [-0.2, -0.15) is 0 Å². The first kappa shape index (κ1) is 25.3. The van der Waals surface area contributed by atoms with Crippen LogP contribution in [0.1, 0.15) is 54.6 Å². The molecule has 5 rings (SSSR count). The number of anilines is 1. The van der Waals surface area contributed by atoms with Gasteiger partial charge in [-0.05, 0) is 60.2 Å². The minimum absolute atomic E-state index is 0.0572. The summed E-state index contributed by atoms with van der Waals surface area (Å²) >= 11 is 1.41. The third-order valence-corrected chi connectivity index (χ3v) is 8.69. The van der Waals surface area contributed by atoms with Crippen LogP contribution < -0.4 is 10.2 Å². The van der Waals surface area contributed by atoms with E-state index in [0.29, 0.717) is 27.9 Å². The first-order valence-electron chi connectivity index (χ1n) is 12.9. The van der Waals surface area contributed by atoms with E-state index in [9.17, 15) is 14.0 Å². The number of hydrogen-bond acceptors (Lipinski definition) is 3. The van der Waals surface area contributed by atoms with Crippen LogP contribution in [0.3, 0.4) is 0 Å². The number of fused-ring (bicyclic) bond motifs is 1. The van der Waals surface area contributed by atoms with Crippen LogP contribution in [0.2, 0.25) is 0 Å². The molecule has 4 nitrogen and oxygen atoms in total. The fourth-order valence-corrected chi connectivity index (χ4v) is 6.19. The molecule has 3 aromatic rings. The van der Waals surface area contributed by atoms with Gasteiger partial charge in [0.1, 0.15) is 5.82 Å². The number of amides is 2. The Hall–Kier alpha value is -3.38. The molecule has 0 aromatic heterocycles. The Morgan fingerprint density at radius 3 is 2.54 bits per heavy atom. The highest BCUT2D eigenvalue weighted by Gasteiger charge is 2.30. The van der Waals surface area contributed by atoms with Gasteiger partial charge in [-0.3, -0.25) is 9.59 Å². The standard InChI is InChI=1S/C31H31FN2O2S/c1-20-8-7-11-26(21(20)2)33-30(35)23-16-14-22(15-17-23)18-29-31(36)34(19-24-9-3-4-10-25(24)32)27-12-5-6-13-28(27)37-29/h3-6,9-10,12-18,20-21,26H,7-8,11,19H2,1-2H3,(H,33,35)/b29-18-/t20-,21+,26+/m1/s1. The highest BCUT2D eigenvalue weighted by Crippen LogP contribution is 2.42. The molecule has 0 saturated heterocycles. The molecule has 1 heterocycles. The van der Waals surface area contributed by atoms with E-state index in [4.69, 9.17) is 0 Å². The van der Waals surface area contributed by atoms with Crippen molar-refractivity contribution in [1.82, 2.24) is 5.32 Å². The van der Waals surface area contributed by atoms with Gasteiger partial charge >= 0.3 is 0 Å². The topological polar surface area (TPSA) is 49.4 Å². The maximum atomic E-state index is 14.4. The summed E-state index contributed by atoms with van der Waals surface area (Å²) < 4.78 is 14.4. The van der Waals surface area contributed by atoms with E-state index in [-0.39, 0.29) is 30.2 Å². The molecular formula is C31H31FN2O2S. The molecule has 1 N–H and O–H groups in total. The summed E-state index contributed by atoms with van der Waals surface area (Å²) in [5.74, 6) is 0.516. The summed E-state index contributed by atoms with van der Waals surface area (Å²) in [6.45, 7) is 4.62. The summed E-state index contributed by atoms with van der Waals surface area (Å²) in [5.41, 5.74) is 2.68. The lowest BCUT2D eigenvalue weighted by Gasteiger charge is -2.34. The number of thioether (sulfide) groups is 1. The molecular weight excluding hydrogens is 483 g/mol. The van der Waals surface area contributed by atoms with Crippen molar-refractivity contribution in [3.05, 3.63) is 100 Å². The maximum absolute atomic E-state index is 14.4. The van der Waals surface area contributed by atoms with Crippen LogP contribution in [0.4, 0.5) is 10.1 Å². The largest absolute Gasteiger partial charge is 0.349 e. The van der Waals surface area contributed by atoms with Crippen LogP contribution in [0.25, 0.3) is 6.08 Å². The van der Waals surface area contributed by atoms with Crippen LogP contribution in [0.5, 0.6) is 0 Å². The van der Waals surface area contributed by atoms with Crippen molar-refractivity contribution >= 4 is 35.3 Å². The molecule has 1 saturated carbocycles. The van der Waals surface area contributed by atoms with E-state index in [1.165, 1.54) is 24.2 Å². The van der Waals surface area contributed by atoms with E-state index in [0.717, 1.165) is 29.0 Å². The van der Waals surface area contributed by atoms with Crippen LogP contribution in [0, 0.1) is 17.7 Å². The van der Waals surface area contributed by atoms with Crippen molar-refractivity contribution in [2.24, 2.45) is 11.8 Å². The predicted molar refractivity (Wildman–Crippen MR) is 148 cm³/mol. The lowest BCUT2D eigenvalue weighted by Crippen LogP contribution is -2.43. The Morgan fingerprint density at radius 1 is 1.03 bits per heavy atom. The van der Waals surface area contributed by atoms with Gasteiger partial charge in [0.2, 0.25) is 0 Å². The third-order valence-electron chi connectivity index (χ3n) is 7.61. The molecule has 0 radical (unpaired) electrons. The SMILES string of the molecule is C[C@H]1[C@H](C)CCC[C@@H]1NC(=O)c1ccc(/C=C2\Sc3ccccc3N(Cc3ccccc3F)C2=O)cc1. The van der Waals surface area contributed by atoms with Crippen molar-refractivity contribution in [3.8, 4) is 0 Å². The van der Waals surface area contributed by atoms with E-state index < -0.39 is 0 Å². The van der Waals surface area contributed by atoms with Gasteiger partial charge in [0.05, 0.1) is 17.1 Å². The average Bonchev–Trinajstić information content (AvgIpc) is 2.90. The minimum atomic E-state index is -0.331. The van der Waals surface area contributed by atoms with Crippen molar-refractivity contribution in [2.45, 2.75) is 50.6 Å². The first-order valence-corrected chi connectivity index (χ1v) is 13.7. The minimum Gasteiger partial charge on any atom is -0.349 e. The molecule has 3 atom stereocenters. The summed E-state index contributed by atoms with van der Waals surface area (Å²) in [5, 5.41) is 3.22. The summed E-state index contributed by atoms with van der Waals surface area (Å²) in [4.78, 5) is 29.5. The van der Waals surface area contributed by atoms with Gasteiger partial charge in [-0.25, -0.2) is 4.39 Å². The number of nitrogens with zero attached hydrogens (tertiary/aromatic N) is 1. The lowest BCUT2D eigenvalue weighted by molar-refractivity contribution is -0.114. The Bertz CT molecular complexity index is 1340. The lowest BCUT2D eigenvalue weighted by atomic mass is 9.78. The highest BCUT2D eigenvalue weighted by atomic mass is 32.2. The number of carbonyl (C=O) groups is 2. The fraction of sp³-hybridized carbons (Fsp3) is 0.290. The molecule has 0 bridgehead atoms. The Labute approximate surface area is 222 Å². The van der Waals surface area contributed by atoms with Gasteiger partial charge in [0.25, 0.3) is 11.8 Å². The normalized spacial score (nSPS) is 22.6. The second kappa shape index (κ2) is 10.9. The molecule has 0 spiro atoms. The van der Waals surface area contributed by atoms with Gasteiger partial charge in [0.15, 0.2) is 0 Å². The second-order valence-electron chi connectivity index (χ2n) is 10.0. The molecule has 0 unspecified atom stereocenters. The summed E-state index contributed by atoms with van der Waals surface area (Å²) in [6, 6.07) is 21.8. The van der Waals surface area contributed by atoms with E-state index in [2.05, 4.69) is 19.2 Å². The number of nitrogens with one attached hydrogen (secondary N) is 1. The number of carbonyl (C=O) groups excluding carboxylic acids is 2. The average molecular weight is 515 g/mol. The van der Waals surface area contributed by atoms with Gasteiger partial charge in [-0.1, -0.05) is 80.9 Å². The number of hydrogen-bond donors (Lipinski definition) is 1. The van der Waals surface area contributed by atoms with Gasteiger partial charge in [-0.15, -0.1) is 0 Å². The molecule has 1 aliphatic carbocycles. The van der Waals surface area contributed by atoms with Crippen molar-refractivity contribution in [3.63, 3.8) is 0 Å². The maximum Gasteiger partial charge on any atom is 0.265 e. The van der Waals surface area contributed by atoms with E-state index in [1.54, 1.807) is 23.1 Å². The fourth-order valence-electron chi connectivity index (χ4n) is 5.14. The van der Waals surface area contributed by atoms with Crippen molar-refractivity contribution in [2.75, 3.05) is 4.90 Å². The van der Waals surface area contributed by atoms with Crippen LogP contribution in [-0.4, -0.2) is 17.9 Å². The highest BCUT2D eigenvalue weighted by molar-refractivity contribution is 8.04. The van der Waals surface area contributed by atoms with Crippen molar-refractivity contribution in [1.29, 1.82) is 0 Å². The molecule has 6 heteroatoms. The third kappa shape index (κ3) is 5.49. The number of benzene rings is 3. The molecule has 3 aromatic carbocycles. The number of rotatable bonds is 5. The zero-order valence-corrected chi connectivity index (χ0v) is 21.9. The molecule has 2 amide bonds. The molecule has 37 heavy (non-hydrogen) atoms. The first-order chi connectivity index (χ1) is 17.9.